The Morgan fingerprint density at radius 1 is 0.351 bits per heavy atom. The highest BCUT2D eigenvalue weighted by Crippen LogP contribution is 2.41. The van der Waals surface area contributed by atoms with Gasteiger partial charge in [-0.2, -0.15) is 0 Å². The zero-order valence-electron chi connectivity index (χ0n) is 30.4. The van der Waals surface area contributed by atoms with Crippen LogP contribution in [0, 0.1) is 0 Å². The minimum atomic E-state index is 0.539. The first-order chi connectivity index (χ1) is 28.2. The fourth-order valence-electron chi connectivity index (χ4n) is 8.44. The lowest BCUT2D eigenvalue weighted by Gasteiger charge is -2.10. The van der Waals surface area contributed by atoms with E-state index < -0.39 is 0 Å². The van der Waals surface area contributed by atoms with Gasteiger partial charge >= 0.3 is 0 Å². The molecule has 0 N–H and O–H groups in total. The van der Waals surface area contributed by atoms with Gasteiger partial charge in [0.25, 0.3) is 0 Å². The van der Waals surface area contributed by atoms with Crippen LogP contribution in [0.5, 0.6) is 0 Å². The monoisotopic (exact) mass is 730 g/mol. The lowest BCUT2D eigenvalue weighted by Crippen LogP contribution is -2.00. The first kappa shape index (κ1) is 31.5. The summed E-state index contributed by atoms with van der Waals surface area (Å²) in [5.74, 6) is 1.67. The molecule has 0 spiro atoms. The minimum absolute atomic E-state index is 0.539. The molecule has 0 aliphatic rings. The van der Waals surface area contributed by atoms with E-state index in [0.29, 0.717) is 17.5 Å². The topological polar surface area (TPSA) is 69.9 Å². The Morgan fingerprint density at radius 2 is 1.00 bits per heavy atom. The highest BCUT2D eigenvalue weighted by Gasteiger charge is 2.21. The molecule has 6 heteroatoms. The Bertz CT molecular complexity index is 3530. The summed E-state index contributed by atoms with van der Waals surface area (Å²) in [6.07, 6.45) is 0. The smallest absolute Gasteiger partial charge is 0.167 e. The average Bonchev–Trinajstić information content (AvgIpc) is 3.96. The normalized spacial score (nSPS) is 11.9. The van der Waals surface area contributed by atoms with E-state index in [9.17, 15) is 0 Å². The molecular weight excluding hydrogens is 701 g/mol. The predicted octanol–water partition coefficient (Wildman–Crippen LogP) is 13.4. The first-order valence-corrected chi connectivity index (χ1v) is 19.0. The number of para-hydroxylation sites is 3. The van der Waals surface area contributed by atoms with E-state index in [4.69, 9.17) is 23.8 Å². The van der Waals surface area contributed by atoms with Gasteiger partial charge in [-0.15, -0.1) is 0 Å². The molecule has 0 aliphatic heterocycles. The lowest BCUT2D eigenvalue weighted by molar-refractivity contribution is 0.668. The summed E-state index contributed by atoms with van der Waals surface area (Å²) in [6, 6.07) is 62.8. The zero-order valence-corrected chi connectivity index (χ0v) is 30.4. The minimum Gasteiger partial charge on any atom is -0.456 e. The Hall–Kier alpha value is -7.83. The molecule has 0 saturated carbocycles. The van der Waals surface area contributed by atoms with E-state index in [1.807, 2.05) is 72.8 Å². The Labute approximate surface area is 325 Å². The molecule has 0 atom stereocenters. The van der Waals surface area contributed by atoms with Gasteiger partial charge in [0.1, 0.15) is 22.3 Å². The standard InChI is InChI=1S/C51H30N4O2/c1-3-13-31(14-4-1)33-26-28-42-40(29-33)35-17-7-9-21-41(35)55(42)43-22-12-24-45-47(43)38-27-25-34(30-46(38)56-45)50-52-49(32-15-5-2-6-16-32)53-51(54-50)39-20-11-19-37-36-18-8-10-23-44(36)57-48(37)39/h1-30H. The van der Waals surface area contributed by atoms with Gasteiger partial charge in [0, 0.05) is 38.1 Å². The molecular formula is C51H30N4O2. The van der Waals surface area contributed by atoms with Gasteiger partial charge in [-0.3, -0.25) is 0 Å². The highest BCUT2D eigenvalue weighted by molar-refractivity contribution is 6.15. The third-order valence-electron chi connectivity index (χ3n) is 11.1. The molecule has 0 bridgehead atoms. The van der Waals surface area contributed by atoms with E-state index in [1.54, 1.807) is 0 Å². The van der Waals surface area contributed by atoms with Crippen LogP contribution in [-0.4, -0.2) is 19.5 Å². The van der Waals surface area contributed by atoms with Gasteiger partial charge < -0.3 is 13.4 Å². The molecule has 4 aromatic heterocycles. The fraction of sp³-hybridized carbons (Fsp3) is 0. The maximum absolute atomic E-state index is 6.68. The van der Waals surface area contributed by atoms with Crippen LogP contribution in [0.25, 0.3) is 117 Å². The second-order valence-electron chi connectivity index (χ2n) is 14.4. The van der Waals surface area contributed by atoms with Gasteiger partial charge in [0.05, 0.1) is 27.7 Å². The van der Waals surface area contributed by atoms with Crippen LogP contribution < -0.4 is 0 Å². The molecule has 266 valence electrons. The van der Waals surface area contributed by atoms with Crippen LogP contribution in [0.2, 0.25) is 0 Å². The van der Waals surface area contributed by atoms with Crippen LogP contribution in [0.1, 0.15) is 0 Å². The van der Waals surface area contributed by atoms with Crippen molar-refractivity contribution in [2.24, 2.45) is 0 Å². The maximum Gasteiger partial charge on any atom is 0.167 e. The number of benzene rings is 8. The molecule has 12 rings (SSSR count). The zero-order chi connectivity index (χ0) is 37.5. The van der Waals surface area contributed by atoms with Crippen molar-refractivity contribution in [1.82, 2.24) is 19.5 Å². The summed E-state index contributed by atoms with van der Waals surface area (Å²) >= 11 is 0. The third-order valence-corrected chi connectivity index (χ3v) is 11.1. The van der Waals surface area contributed by atoms with Crippen molar-refractivity contribution < 1.29 is 8.83 Å². The van der Waals surface area contributed by atoms with Crippen LogP contribution in [0.15, 0.2) is 191 Å². The Morgan fingerprint density at radius 3 is 1.86 bits per heavy atom. The summed E-state index contributed by atoms with van der Waals surface area (Å²) in [5.41, 5.74) is 11.4. The molecule has 0 amide bonds. The molecule has 0 radical (unpaired) electrons. The van der Waals surface area contributed by atoms with Gasteiger partial charge in [-0.1, -0.05) is 127 Å². The van der Waals surface area contributed by atoms with Crippen molar-refractivity contribution in [3.8, 4) is 51.0 Å². The van der Waals surface area contributed by atoms with Crippen molar-refractivity contribution in [3.63, 3.8) is 0 Å². The molecule has 8 aromatic carbocycles. The quantitative estimate of drug-likeness (QED) is 0.176. The summed E-state index contributed by atoms with van der Waals surface area (Å²) in [5, 5.41) is 6.55. The van der Waals surface area contributed by atoms with Gasteiger partial charge in [-0.25, -0.2) is 15.0 Å². The second kappa shape index (κ2) is 12.3. The van der Waals surface area contributed by atoms with Crippen molar-refractivity contribution in [2.45, 2.75) is 0 Å². The van der Waals surface area contributed by atoms with E-state index in [2.05, 4.69) is 114 Å². The highest BCUT2D eigenvalue weighted by atomic mass is 16.3. The van der Waals surface area contributed by atoms with E-state index in [-0.39, 0.29) is 0 Å². The molecule has 12 aromatic rings. The van der Waals surface area contributed by atoms with E-state index in [1.165, 1.54) is 21.9 Å². The number of furan rings is 2. The molecule has 0 fully saturated rings. The van der Waals surface area contributed by atoms with Crippen molar-refractivity contribution in [3.05, 3.63) is 182 Å². The molecule has 4 heterocycles. The second-order valence-corrected chi connectivity index (χ2v) is 14.4. The van der Waals surface area contributed by atoms with Gasteiger partial charge in [0.15, 0.2) is 17.5 Å². The Balaban J connectivity index is 1.04. The Kier molecular flexibility index (Phi) is 6.83. The fourth-order valence-corrected chi connectivity index (χ4v) is 8.44. The molecule has 0 saturated heterocycles. The predicted molar refractivity (Wildman–Crippen MR) is 230 cm³/mol. The van der Waals surface area contributed by atoms with Crippen molar-refractivity contribution in [1.29, 1.82) is 0 Å². The van der Waals surface area contributed by atoms with Crippen molar-refractivity contribution in [2.75, 3.05) is 0 Å². The summed E-state index contributed by atoms with van der Waals surface area (Å²) < 4.78 is 15.5. The van der Waals surface area contributed by atoms with Crippen LogP contribution >= 0.6 is 0 Å². The van der Waals surface area contributed by atoms with Crippen LogP contribution in [-0.2, 0) is 0 Å². The van der Waals surface area contributed by atoms with Crippen molar-refractivity contribution >= 4 is 65.7 Å². The molecule has 6 nitrogen and oxygen atoms in total. The molecule has 0 aliphatic carbocycles. The maximum atomic E-state index is 6.68. The number of hydrogen-bond acceptors (Lipinski definition) is 5. The molecule has 0 unspecified atom stereocenters. The summed E-state index contributed by atoms with van der Waals surface area (Å²) in [4.78, 5) is 15.2. The SMILES string of the molecule is c1ccc(-c2ccc3c(c2)c2ccccc2n3-c2cccc3oc4cc(-c5nc(-c6ccccc6)nc(-c6cccc7c6oc6ccccc67)n5)ccc4c23)cc1. The lowest BCUT2D eigenvalue weighted by atomic mass is 10.0. The van der Waals surface area contributed by atoms with Gasteiger partial charge in [0.2, 0.25) is 0 Å². The summed E-state index contributed by atoms with van der Waals surface area (Å²) in [7, 11) is 0. The number of nitrogens with zero attached hydrogens (tertiary/aromatic N) is 4. The number of fused-ring (bicyclic) bond motifs is 9. The third kappa shape index (κ3) is 4.94. The first-order valence-electron chi connectivity index (χ1n) is 19.0. The summed E-state index contributed by atoms with van der Waals surface area (Å²) in [6.45, 7) is 0. The van der Waals surface area contributed by atoms with E-state index in [0.717, 1.165) is 77.3 Å². The molecule has 57 heavy (non-hydrogen) atoms. The number of rotatable bonds is 5. The number of hydrogen-bond donors (Lipinski definition) is 0. The number of aromatic nitrogens is 4. The van der Waals surface area contributed by atoms with Crippen LogP contribution in [0.3, 0.4) is 0 Å². The van der Waals surface area contributed by atoms with Gasteiger partial charge in [-0.05, 0) is 65.7 Å². The van der Waals surface area contributed by atoms with Crippen LogP contribution in [0.4, 0.5) is 0 Å². The van der Waals surface area contributed by atoms with E-state index >= 15 is 0 Å². The average molecular weight is 731 g/mol. The largest absolute Gasteiger partial charge is 0.456 e.